The van der Waals surface area contributed by atoms with Gasteiger partial charge in [-0.2, -0.15) is 0 Å². The van der Waals surface area contributed by atoms with Crippen LogP contribution in [-0.2, 0) is 6.42 Å². The van der Waals surface area contributed by atoms with Crippen molar-refractivity contribution >= 4 is 29.5 Å². The Kier molecular flexibility index (Phi) is 8.12. The SMILES string of the molecule is COc1cc(/C=C\c2ccc(C/C=C\C(=O)c3cccc(Cl)c3)cc2)cc(OC)c1OC. The molecule has 0 aromatic heterocycles. The first-order valence-corrected chi connectivity index (χ1v) is 10.5. The molecule has 164 valence electrons. The summed E-state index contributed by atoms with van der Waals surface area (Å²) in [4.78, 5) is 12.2. The average molecular weight is 449 g/mol. The van der Waals surface area contributed by atoms with E-state index in [9.17, 15) is 4.79 Å². The summed E-state index contributed by atoms with van der Waals surface area (Å²) < 4.78 is 16.2. The molecular formula is C27H25ClO4. The van der Waals surface area contributed by atoms with Crippen LogP contribution in [0.15, 0.2) is 72.8 Å². The minimum absolute atomic E-state index is 0.0580. The Bertz CT molecular complexity index is 1110. The van der Waals surface area contributed by atoms with E-state index in [1.165, 1.54) is 0 Å². The number of benzene rings is 3. The van der Waals surface area contributed by atoms with E-state index in [0.717, 1.165) is 16.7 Å². The van der Waals surface area contributed by atoms with E-state index >= 15 is 0 Å². The van der Waals surface area contributed by atoms with Gasteiger partial charge in [-0.05, 0) is 53.5 Å². The van der Waals surface area contributed by atoms with Crippen molar-refractivity contribution in [3.8, 4) is 17.2 Å². The number of methoxy groups -OCH3 is 3. The lowest BCUT2D eigenvalue weighted by molar-refractivity contribution is 0.104. The fourth-order valence-corrected chi connectivity index (χ4v) is 3.39. The Balaban J connectivity index is 1.64. The van der Waals surface area contributed by atoms with Crippen LogP contribution >= 0.6 is 11.6 Å². The number of hydrogen-bond donors (Lipinski definition) is 0. The number of ether oxygens (including phenoxy) is 3. The molecule has 0 saturated carbocycles. The van der Waals surface area contributed by atoms with E-state index in [-0.39, 0.29) is 5.78 Å². The van der Waals surface area contributed by atoms with Crippen molar-refractivity contribution in [1.82, 2.24) is 0 Å². The minimum Gasteiger partial charge on any atom is -0.493 e. The summed E-state index contributed by atoms with van der Waals surface area (Å²) in [6, 6.07) is 18.9. The number of ketones is 1. The molecule has 0 unspecified atom stereocenters. The zero-order valence-electron chi connectivity index (χ0n) is 18.3. The number of carbonyl (C=O) groups excluding carboxylic acids is 1. The predicted octanol–water partition coefficient (Wildman–Crippen LogP) is 6.52. The molecule has 0 radical (unpaired) electrons. The van der Waals surface area contributed by atoms with Gasteiger partial charge in [0.05, 0.1) is 21.3 Å². The lowest BCUT2D eigenvalue weighted by atomic mass is 10.1. The van der Waals surface area contributed by atoms with Gasteiger partial charge in [-0.1, -0.05) is 66.2 Å². The zero-order valence-corrected chi connectivity index (χ0v) is 19.1. The molecule has 0 N–H and O–H groups in total. The molecule has 0 saturated heterocycles. The summed E-state index contributed by atoms with van der Waals surface area (Å²) in [6.45, 7) is 0. The average Bonchev–Trinajstić information content (AvgIpc) is 2.82. The third-order valence-corrected chi connectivity index (χ3v) is 5.10. The van der Waals surface area contributed by atoms with Gasteiger partial charge in [0.15, 0.2) is 17.3 Å². The van der Waals surface area contributed by atoms with Gasteiger partial charge in [-0.3, -0.25) is 4.79 Å². The van der Waals surface area contributed by atoms with E-state index in [4.69, 9.17) is 25.8 Å². The van der Waals surface area contributed by atoms with Gasteiger partial charge < -0.3 is 14.2 Å². The van der Waals surface area contributed by atoms with Gasteiger partial charge >= 0.3 is 0 Å². The topological polar surface area (TPSA) is 44.8 Å². The van der Waals surface area contributed by atoms with Crippen LogP contribution in [0.25, 0.3) is 12.2 Å². The maximum Gasteiger partial charge on any atom is 0.203 e. The molecule has 0 atom stereocenters. The monoisotopic (exact) mass is 448 g/mol. The molecule has 3 aromatic carbocycles. The summed E-state index contributed by atoms with van der Waals surface area (Å²) in [7, 11) is 4.78. The second-order valence-electron chi connectivity index (χ2n) is 7.01. The third kappa shape index (κ3) is 6.02. The minimum atomic E-state index is -0.0580. The highest BCUT2D eigenvalue weighted by molar-refractivity contribution is 6.31. The van der Waals surface area contributed by atoms with Gasteiger partial charge in [0.25, 0.3) is 0 Å². The van der Waals surface area contributed by atoms with Crippen molar-refractivity contribution in [2.45, 2.75) is 6.42 Å². The Labute approximate surface area is 193 Å². The van der Waals surface area contributed by atoms with Crippen molar-refractivity contribution in [2.24, 2.45) is 0 Å². The number of carbonyl (C=O) groups is 1. The highest BCUT2D eigenvalue weighted by atomic mass is 35.5. The normalized spacial score (nSPS) is 11.1. The van der Waals surface area contributed by atoms with Crippen LogP contribution in [0.1, 0.15) is 27.0 Å². The standard InChI is InChI=1S/C27H25ClO4/c1-30-25-16-21(17-26(31-2)27(25)32-3)15-14-20-12-10-19(11-13-20)6-4-9-24(29)22-7-5-8-23(28)18-22/h4-5,7-18H,6H2,1-3H3/b9-4-,15-14-. The number of allylic oxidation sites excluding steroid dienone is 2. The van der Waals surface area contributed by atoms with Crippen LogP contribution in [0, 0.1) is 0 Å². The molecule has 4 nitrogen and oxygen atoms in total. The van der Waals surface area contributed by atoms with Crippen LogP contribution in [0.2, 0.25) is 5.02 Å². The Morgan fingerprint density at radius 1 is 0.844 bits per heavy atom. The summed E-state index contributed by atoms with van der Waals surface area (Å²) in [6.07, 6.45) is 8.13. The van der Waals surface area contributed by atoms with E-state index < -0.39 is 0 Å². The smallest absolute Gasteiger partial charge is 0.203 e. The molecule has 5 heteroatoms. The molecule has 0 fully saturated rings. The maximum absolute atomic E-state index is 12.2. The first-order valence-electron chi connectivity index (χ1n) is 10.1. The maximum atomic E-state index is 12.2. The van der Waals surface area contributed by atoms with Gasteiger partial charge in [-0.25, -0.2) is 0 Å². The zero-order chi connectivity index (χ0) is 22.9. The van der Waals surface area contributed by atoms with Crippen molar-refractivity contribution in [3.05, 3.63) is 100 Å². The van der Waals surface area contributed by atoms with E-state index in [1.807, 2.05) is 54.6 Å². The van der Waals surface area contributed by atoms with Gasteiger partial charge in [-0.15, -0.1) is 0 Å². The van der Waals surface area contributed by atoms with Crippen LogP contribution in [0.5, 0.6) is 17.2 Å². The van der Waals surface area contributed by atoms with Crippen LogP contribution in [0.3, 0.4) is 0 Å². The second-order valence-corrected chi connectivity index (χ2v) is 7.45. The summed E-state index contributed by atoms with van der Waals surface area (Å²) in [5.74, 6) is 1.73. The number of hydrogen-bond acceptors (Lipinski definition) is 4. The fourth-order valence-electron chi connectivity index (χ4n) is 3.19. The molecule has 0 aliphatic rings. The first kappa shape index (κ1) is 23.2. The molecule has 3 rings (SSSR count). The van der Waals surface area contributed by atoms with Crippen LogP contribution in [-0.4, -0.2) is 27.1 Å². The molecule has 0 aliphatic heterocycles. The Hall–Kier alpha value is -3.50. The van der Waals surface area contributed by atoms with Crippen LogP contribution in [0.4, 0.5) is 0 Å². The van der Waals surface area contributed by atoms with Crippen molar-refractivity contribution in [1.29, 1.82) is 0 Å². The molecule has 32 heavy (non-hydrogen) atoms. The van der Waals surface area contributed by atoms with Gasteiger partial charge in [0.1, 0.15) is 0 Å². The highest BCUT2D eigenvalue weighted by Gasteiger charge is 2.11. The van der Waals surface area contributed by atoms with Crippen molar-refractivity contribution < 1.29 is 19.0 Å². The Morgan fingerprint density at radius 3 is 2.09 bits per heavy atom. The van der Waals surface area contributed by atoms with E-state index in [1.54, 1.807) is 51.7 Å². The molecule has 0 amide bonds. The largest absolute Gasteiger partial charge is 0.493 e. The fraction of sp³-hybridized carbons (Fsp3) is 0.148. The second kappa shape index (κ2) is 11.2. The third-order valence-electron chi connectivity index (χ3n) is 4.87. The molecule has 0 spiro atoms. The molecule has 0 bridgehead atoms. The van der Waals surface area contributed by atoms with Crippen molar-refractivity contribution in [2.75, 3.05) is 21.3 Å². The Morgan fingerprint density at radius 2 is 1.50 bits per heavy atom. The van der Waals surface area contributed by atoms with Crippen molar-refractivity contribution in [3.63, 3.8) is 0 Å². The van der Waals surface area contributed by atoms with Gasteiger partial charge in [0, 0.05) is 10.6 Å². The van der Waals surface area contributed by atoms with E-state index in [2.05, 4.69) is 0 Å². The molecular weight excluding hydrogens is 424 g/mol. The lowest BCUT2D eigenvalue weighted by Gasteiger charge is -2.12. The quantitative estimate of drug-likeness (QED) is 0.212. The molecule has 0 heterocycles. The predicted molar refractivity (Wildman–Crippen MR) is 130 cm³/mol. The molecule has 3 aromatic rings. The van der Waals surface area contributed by atoms with E-state index in [0.29, 0.717) is 34.3 Å². The highest BCUT2D eigenvalue weighted by Crippen LogP contribution is 2.38. The first-order chi connectivity index (χ1) is 15.5. The van der Waals surface area contributed by atoms with Crippen LogP contribution < -0.4 is 14.2 Å². The van der Waals surface area contributed by atoms with Gasteiger partial charge in [0.2, 0.25) is 5.75 Å². The summed E-state index contributed by atoms with van der Waals surface area (Å²) >= 11 is 5.94. The molecule has 0 aliphatic carbocycles. The number of rotatable bonds is 9. The summed E-state index contributed by atoms with van der Waals surface area (Å²) in [5.41, 5.74) is 3.69. The number of halogens is 1. The summed E-state index contributed by atoms with van der Waals surface area (Å²) in [5, 5.41) is 0.555. The lowest BCUT2D eigenvalue weighted by Crippen LogP contribution is -1.95.